The molecule has 0 saturated heterocycles. The van der Waals surface area contributed by atoms with Crippen LogP contribution < -0.4 is 5.43 Å². The number of halogens is 6. The van der Waals surface area contributed by atoms with Crippen molar-refractivity contribution in [1.29, 1.82) is 0 Å². The molecule has 1 heterocycles. The molecule has 33 heavy (non-hydrogen) atoms. The van der Waals surface area contributed by atoms with Gasteiger partial charge in [0.2, 0.25) is 5.43 Å². The van der Waals surface area contributed by atoms with Crippen LogP contribution in [0.1, 0.15) is 10.4 Å². The van der Waals surface area contributed by atoms with Crippen molar-refractivity contribution in [3.05, 3.63) is 64.4 Å². The molecule has 2 aliphatic rings. The summed E-state index contributed by atoms with van der Waals surface area (Å²) in [6.45, 7) is 0. The fraction of sp³-hybridized carbons (Fsp3) is 0. The Morgan fingerprint density at radius 3 is 2.12 bits per heavy atom. The van der Waals surface area contributed by atoms with Crippen molar-refractivity contribution in [3.63, 3.8) is 0 Å². The molecule has 2 aromatic carbocycles. The molecule has 5 nitrogen and oxygen atoms in total. The first kappa shape index (κ1) is 31.1. The van der Waals surface area contributed by atoms with Gasteiger partial charge in [-0.3, -0.25) is 4.79 Å². The van der Waals surface area contributed by atoms with Gasteiger partial charge in [-0.25, -0.2) is 4.79 Å². The van der Waals surface area contributed by atoms with Crippen LogP contribution in [0.5, 0.6) is 5.75 Å². The van der Waals surface area contributed by atoms with Crippen molar-refractivity contribution in [2.24, 2.45) is 0 Å². The SMILES string of the molecule is O=C(O)c1c(Cl)ccc(Cl)c1-c1c2cc(I)c(=O)c(I)c-2oc2c(I)c(O)c(I)cc12.[Na].[Na]. The Morgan fingerprint density at radius 2 is 1.52 bits per heavy atom. The van der Waals surface area contributed by atoms with Crippen molar-refractivity contribution < 1.29 is 19.4 Å². The van der Waals surface area contributed by atoms with Gasteiger partial charge in [-0.2, -0.15) is 0 Å². The molecule has 1 aliphatic carbocycles. The summed E-state index contributed by atoms with van der Waals surface area (Å²) >= 11 is 20.6. The van der Waals surface area contributed by atoms with Crippen molar-refractivity contribution in [1.82, 2.24) is 0 Å². The van der Waals surface area contributed by atoms with Crippen molar-refractivity contribution in [2.45, 2.75) is 0 Å². The molecule has 2 radical (unpaired) electrons. The maximum Gasteiger partial charge on any atom is 0.337 e. The van der Waals surface area contributed by atoms with E-state index in [2.05, 4.69) is 0 Å². The molecule has 0 bridgehead atoms. The van der Waals surface area contributed by atoms with Gasteiger partial charge in [-0.05, 0) is 115 Å². The van der Waals surface area contributed by atoms with E-state index in [1.165, 1.54) is 12.1 Å². The van der Waals surface area contributed by atoms with Gasteiger partial charge >= 0.3 is 5.97 Å². The molecule has 1 aliphatic heterocycles. The molecule has 2 N–H and O–H groups in total. The summed E-state index contributed by atoms with van der Waals surface area (Å²) in [7, 11) is 0. The largest absolute Gasteiger partial charge is 0.506 e. The van der Waals surface area contributed by atoms with E-state index < -0.39 is 5.97 Å². The summed E-state index contributed by atoms with van der Waals surface area (Å²) in [6, 6.07) is 6.30. The van der Waals surface area contributed by atoms with Crippen LogP contribution in [0.25, 0.3) is 33.4 Å². The quantitative estimate of drug-likeness (QED) is 0.129. The molecule has 0 atom stereocenters. The molecule has 2 aromatic rings. The molecule has 0 unspecified atom stereocenters. The molecular formula is C20H6Cl2I4Na2O5. The third-order valence-electron chi connectivity index (χ3n) is 4.59. The van der Waals surface area contributed by atoms with Crippen molar-refractivity contribution >= 4 is 190 Å². The van der Waals surface area contributed by atoms with E-state index in [1.807, 2.05) is 90.4 Å². The molecular weight excluding hydrogens is 945 g/mol. The molecule has 0 saturated carbocycles. The Hall–Kier alpha value is 1.90. The molecule has 0 amide bonds. The summed E-state index contributed by atoms with van der Waals surface area (Å²) < 4.78 is 7.87. The number of aromatic hydroxyl groups is 1. The predicted molar refractivity (Wildman–Crippen MR) is 166 cm³/mol. The van der Waals surface area contributed by atoms with Gasteiger partial charge in [-0.1, -0.05) is 23.2 Å². The number of hydrogen-bond donors (Lipinski definition) is 2. The molecule has 160 valence electrons. The molecule has 0 aromatic heterocycles. The summed E-state index contributed by atoms with van der Waals surface area (Å²) in [5.41, 5.74) is 1.15. The standard InChI is InChI=1S/C20H6Cl2I4O5.2Na/c21-7-1-2-8(22)13(20(29)30)12(7)11-5-3-9(23)16(27)14(25)18(5)31-19-6(11)4-10(24)17(28)15(19)26;;/h1-4,27H,(H,29,30);;. The normalized spacial score (nSPS) is 10.7. The Morgan fingerprint density at radius 1 is 0.909 bits per heavy atom. The monoisotopic (exact) mass is 950 g/mol. The third-order valence-corrected chi connectivity index (χ3v) is 8.82. The summed E-state index contributed by atoms with van der Waals surface area (Å²) in [6.07, 6.45) is 0. The van der Waals surface area contributed by atoms with Crippen LogP contribution in [0.4, 0.5) is 0 Å². The number of carboxylic acid groups (broad SMARTS) is 1. The minimum Gasteiger partial charge on any atom is -0.506 e. The number of carboxylic acids is 1. The van der Waals surface area contributed by atoms with E-state index in [0.717, 1.165) is 0 Å². The van der Waals surface area contributed by atoms with E-state index in [4.69, 9.17) is 27.6 Å². The second kappa shape index (κ2) is 12.2. The Kier molecular flexibility index (Phi) is 11.5. The van der Waals surface area contributed by atoms with Crippen LogP contribution >= 0.6 is 114 Å². The van der Waals surface area contributed by atoms with E-state index in [9.17, 15) is 19.8 Å². The fourth-order valence-electron chi connectivity index (χ4n) is 3.27. The van der Waals surface area contributed by atoms with Gasteiger partial charge in [0.25, 0.3) is 0 Å². The molecule has 0 spiro atoms. The summed E-state index contributed by atoms with van der Waals surface area (Å²) in [5.74, 6) is -0.932. The second-order valence-corrected chi connectivity index (χ2v) is 11.6. The van der Waals surface area contributed by atoms with Gasteiger partial charge in [-0.15, -0.1) is 0 Å². The van der Waals surface area contributed by atoms with Crippen LogP contribution in [-0.4, -0.2) is 75.3 Å². The zero-order chi connectivity index (χ0) is 22.8. The number of fused-ring (bicyclic) bond motifs is 2. The first-order chi connectivity index (χ1) is 14.5. The maximum absolute atomic E-state index is 12.6. The van der Waals surface area contributed by atoms with E-state index in [-0.39, 0.29) is 97.2 Å². The van der Waals surface area contributed by atoms with Gasteiger partial charge in [0.1, 0.15) is 9.32 Å². The smallest absolute Gasteiger partial charge is 0.337 e. The average molecular weight is 951 g/mol. The van der Waals surface area contributed by atoms with Crippen LogP contribution in [-0.2, 0) is 0 Å². The number of carbonyl (C=O) groups is 1. The van der Waals surface area contributed by atoms with Crippen molar-refractivity contribution in [2.75, 3.05) is 0 Å². The Bertz CT molecular complexity index is 1480. The first-order valence-electron chi connectivity index (χ1n) is 8.21. The minimum atomic E-state index is -1.24. The Labute approximate surface area is 296 Å². The van der Waals surface area contributed by atoms with E-state index >= 15 is 0 Å². The van der Waals surface area contributed by atoms with Gasteiger partial charge in [0, 0.05) is 86.2 Å². The van der Waals surface area contributed by atoms with Crippen LogP contribution in [0.2, 0.25) is 10.0 Å². The fourth-order valence-corrected chi connectivity index (χ4v) is 7.33. The van der Waals surface area contributed by atoms with Gasteiger partial charge < -0.3 is 14.6 Å². The average Bonchev–Trinajstić information content (AvgIpc) is 2.71. The number of aromatic carboxylic acids is 1. The molecule has 13 heteroatoms. The maximum atomic E-state index is 12.6. The minimum absolute atomic E-state index is 0. The number of phenols is 1. The zero-order valence-electron chi connectivity index (χ0n) is 16.7. The third kappa shape index (κ3) is 5.54. The summed E-state index contributed by atoms with van der Waals surface area (Å²) in [4.78, 5) is 24.8. The van der Waals surface area contributed by atoms with E-state index in [1.54, 1.807) is 12.1 Å². The second-order valence-electron chi connectivity index (χ2n) is 6.34. The van der Waals surface area contributed by atoms with Crippen molar-refractivity contribution in [3.8, 4) is 28.2 Å². The van der Waals surface area contributed by atoms with Gasteiger partial charge in [0.05, 0.1) is 21.3 Å². The number of hydrogen-bond acceptors (Lipinski definition) is 4. The Balaban J connectivity index is 0.00000193. The first-order valence-corrected chi connectivity index (χ1v) is 13.3. The molecule has 0 fully saturated rings. The number of benzene rings is 3. The predicted octanol–water partition coefficient (Wildman–Crippen LogP) is 6.93. The number of rotatable bonds is 2. The van der Waals surface area contributed by atoms with Crippen LogP contribution in [0, 0.1) is 14.3 Å². The summed E-state index contributed by atoms with van der Waals surface area (Å²) in [5, 5.41) is 21.1. The van der Waals surface area contributed by atoms with Gasteiger partial charge in [0.15, 0.2) is 11.3 Å². The van der Waals surface area contributed by atoms with E-state index in [0.29, 0.717) is 36.4 Å². The zero-order valence-corrected chi connectivity index (χ0v) is 30.8. The van der Waals surface area contributed by atoms with Crippen LogP contribution in [0.3, 0.4) is 0 Å². The molecule has 4 rings (SSSR count). The number of phenolic OH excluding ortho intramolecular Hbond substituents is 1. The topological polar surface area (TPSA) is 87.7 Å². The van der Waals surface area contributed by atoms with Crippen LogP contribution in [0.15, 0.2) is 33.5 Å².